The van der Waals surface area contributed by atoms with Gasteiger partial charge in [-0.3, -0.25) is 9.78 Å². The molecule has 132 valence electrons. The molecule has 0 spiro atoms. The van der Waals surface area contributed by atoms with Gasteiger partial charge in [-0.25, -0.2) is 4.79 Å². The van der Waals surface area contributed by atoms with Crippen molar-refractivity contribution >= 4 is 17.6 Å². The highest BCUT2D eigenvalue weighted by molar-refractivity contribution is 5.89. The lowest BCUT2D eigenvalue weighted by molar-refractivity contribution is -0.120. The van der Waals surface area contributed by atoms with Crippen molar-refractivity contribution in [1.29, 1.82) is 0 Å². The van der Waals surface area contributed by atoms with Crippen LogP contribution in [0, 0.1) is 0 Å². The number of benzene rings is 1. The van der Waals surface area contributed by atoms with Crippen LogP contribution in [-0.2, 0) is 11.2 Å². The average molecular weight is 342 g/mol. The third-order valence-electron chi connectivity index (χ3n) is 3.41. The number of nitrogens with one attached hydrogen (secondary N) is 3. The number of anilines is 1. The average Bonchev–Trinajstić information content (AvgIpc) is 2.63. The molecule has 7 nitrogen and oxygen atoms in total. The van der Waals surface area contributed by atoms with Crippen molar-refractivity contribution in [3.05, 3.63) is 54.4 Å². The normalized spacial score (nSPS) is 9.96. The maximum atomic E-state index is 11.8. The van der Waals surface area contributed by atoms with Crippen LogP contribution in [0.2, 0.25) is 0 Å². The Morgan fingerprint density at radius 3 is 2.52 bits per heavy atom. The van der Waals surface area contributed by atoms with Crippen molar-refractivity contribution in [1.82, 2.24) is 15.6 Å². The van der Waals surface area contributed by atoms with E-state index in [-0.39, 0.29) is 24.9 Å². The summed E-state index contributed by atoms with van der Waals surface area (Å²) in [7, 11) is 1.58. The minimum absolute atomic E-state index is 0.110. The fourth-order valence-corrected chi connectivity index (χ4v) is 2.10. The van der Waals surface area contributed by atoms with Gasteiger partial charge in [-0.1, -0.05) is 6.07 Å². The zero-order valence-corrected chi connectivity index (χ0v) is 14.1. The van der Waals surface area contributed by atoms with E-state index < -0.39 is 0 Å². The molecule has 3 N–H and O–H groups in total. The Bertz CT molecular complexity index is 674. The molecular weight excluding hydrogens is 320 g/mol. The van der Waals surface area contributed by atoms with E-state index in [9.17, 15) is 9.59 Å². The number of rotatable bonds is 8. The Morgan fingerprint density at radius 1 is 1.04 bits per heavy atom. The molecule has 0 aliphatic rings. The fraction of sp³-hybridized carbons (Fsp3) is 0.278. The number of ether oxygens (including phenoxy) is 1. The van der Waals surface area contributed by atoms with Gasteiger partial charge < -0.3 is 20.7 Å². The molecule has 0 saturated carbocycles. The predicted molar refractivity (Wildman–Crippen MR) is 95.6 cm³/mol. The summed E-state index contributed by atoms with van der Waals surface area (Å²) >= 11 is 0. The van der Waals surface area contributed by atoms with Crippen LogP contribution in [0.25, 0.3) is 0 Å². The monoisotopic (exact) mass is 342 g/mol. The van der Waals surface area contributed by atoms with Gasteiger partial charge in [0.1, 0.15) is 5.75 Å². The zero-order valence-electron chi connectivity index (χ0n) is 14.1. The lowest BCUT2D eigenvalue weighted by Crippen LogP contribution is -2.33. The topological polar surface area (TPSA) is 92.4 Å². The van der Waals surface area contributed by atoms with Crippen LogP contribution in [0.1, 0.15) is 12.1 Å². The summed E-state index contributed by atoms with van der Waals surface area (Å²) in [4.78, 5) is 27.7. The maximum Gasteiger partial charge on any atom is 0.319 e. The Labute approximate surface area is 146 Å². The second kappa shape index (κ2) is 9.92. The van der Waals surface area contributed by atoms with E-state index in [0.717, 1.165) is 5.69 Å². The molecule has 1 aromatic heterocycles. The van der Waals surface area contributed by atoms with Gasteiger partial charge in [-0.15, -0.1) is 0 Å². The zero-order chi connectivity index (χ0) is 17.9. The van der Waals surface area contributed by atoms with E-state index in [0.29, 0.717) is 24.4 Å². The number of carbonyl (C=O) groups is 2. The van der Waals surface area contributed by atoms with E-state index in [1.54, 1.807) is 37.6 Å². The molecule has 0 bridgehead atoms. The second-order valence-corrected chi connectivity index (χ2v) is 5.28. The van der Waals surface area contributed by atoms with Gasteiger partial charge in [0.05, 0.1) is 7.11 Å². The molecule has 0 aliphatic heterocycles. The quantitative estimate of drug-likeness (QED) is 0.684. The first kappa shape index (κ1) is 18.3. The minimum Gasteiger partial charge on any atom is -0.497 e. The van der Waals surface area contributed by atoms with Crippen LogP contribution >= 0.6 is 0 Å². The maximum absolute atomic E-state index is 11.8. The highest BCUT2D eigenvalue weighted by Crippen LogP contribution is 2.14. The molecule has 0 fully saturated rings. The number of hydrogen-bond donors (Lipinski definition) is 3. The number of urea groups is 1. The molecule has 0 radical (unpaired) electrons. The van der Waals surface area contributed by atoms with Crippen LogP contribution in [0.15, 0.2) is 48.7 Å². The third-order valence-corrected chi connectivity index (χ3v) is 3.41. The van der Waals surface area contributed by atoms with E-state index in [2.05, 4.69) is 20.9 Å². The highest BCUT2D eigenvalue weighted by atomic mass is 16.5. The molecule has 1 aromatic carbocycles. The first-order valence-corrected chi connectivity index (χ1v) is 8.03. The summed E-state index contributed by atoms with van der Waals surface area (Å²) in [6, 6.07) is 12.3. The van der Waals surface area contributed by atoms with Crippen molar-refractivity contribution in [2.24, 2.45) is 0 Å². The van der Waals surface area contributed by atoms with E-state index in [1.807, 2.05) is 18.2 Å². The van der Waals surface area contributed by atoms with Crippen LogP contribution in [0.3, 0.4) is 0 Å². The molecule has 25 heavy (non-hydrogen) atoms. The lowest BCUT2D eigenvalue weighted by atomic mass is 10.2. The van der Waals surface area contributed by atoms with Crippen molar-refractivity contribution in [3.8, 4) is 5.75 Å². The van der Waals surface area contributed by atoms with Crippen LogP contribution in [-0.4, -0.2) is 37.1 Å². The molecule has 0 aliphatic carbocycles. The molecular formula is C18H22N4O3. The van der Waals surface area contributed by atoms with Gasteiger partial charge in [0, 0.05) is 43.5 Å². The van der Waals surface area contributed by atoms with E-state index in [4.69, 9.17) is 4.74 Å². The van der Waals surface area contributed by atoms with Gasteiger partial charge in [0.15, 0.2) is 0 Å². The smallest absolute Gasteiger partial charge is 0.319 e. The van der Waals surface area contributed by atoms with Crippen molar-refractivity contribution < 1.29 is 14.3 Å². The summed E-state index contributed by atoms with van der Waals surface area (Å²) in [5.41, 5.74) is 1.58. The largest absolute Gasteiger partial charge is 0.497 e. The summed E-state index contributed by atoms with van der Waals surface area (Å²) in [6.45, 7) is 0.783. The number of nitrogens with zero attached hydrogens (tertiary/aromatic N) is 1. The number of methoxy groups -OCH3 is 1. The Morgan fingerprint density at radius 2 is 1.84 bits per heavy atom. The third kappa shape index (κ3) is 6.90. The van der Waals surface area contributed by atoms with Crippen molar-refractivity contribution in [3.63, 3.8) is 0 Å². The van der Waals surface area contributed by atoms with Gasteiger partial charge in [-0.05, 0) is 36.4 Å². The van der Waals surface area contributed by atoms with Gasteiger partial charge in [0.25, 0.3) is 0 Å². The van der Waals surface area contributed by atoms with Crippen LogP contribution in [0.4, 0.5) is 10.5 Å². The molecule has 2 aromatic rings. The van der Waals surface area contributed by atoms with E-state index >= 15 is 0 Å². The molecule has 2 rings (SSSR count). The number of aromatic nitrogens is 1. The summed E-state index contributed by atoms with van der Waals surface area (Å²) in [5, 5.41) is 8.13. The van der Waals surface area contributed by atoms with Gasteiger partial charge in [-0.2, -0.15) is 0 Å². The summed E-state index contributed by atoms with van der Waals surface area (Å²) in [6.07, 6.45) is 2.62. The number of hydrogen-bond acceptors (Lipinski definition) is 4. The molecule has 0 atom stereocenters. The molecule has 7 heteroatoms. The molecule has 0 saturated heterocycles. The highest BCUT2D eigenvalue weighted by Gasteiger charge is 2.05. The number of amides is 3. The van der Waals surface area contributed by atoms with Crippen LogP contribution < -0.4 is 20.7 Å². The van der Waals surface area contributed by atoms with E-state index in [1.165, 1.54) is 0 Å². The lowest BCUT2D eigenvalue weighted by Gasteiger charge is -2.08. The first-order chi connectivity index (χ1) is 12.2. The van der Waals surface area contributed by atoms with Gasteiger partial charge in [0.2, 0.25) is 5.91 Å². The molecule has 3 amide bonds. The Kier molecular flexibility index (Phi) is 7.24. The summed E-state index contributed by atoms with van der Waals surface area (Å²) < 4.78 is 5.05. The standard InChI is InChI=1S/C18H22N4O3/c1-25-16-7-5-15(6-8-16)22-18(24)21-13-10-17(23)20-12-9-14-4-2-3-11-19-14/h2-8,11H,9-10,12-13H2,1H3,(H,20,23)(H2,21,22,24). The minimum atomic E-state index is -0.355. The predicted octanol–water partition coefficient (Wildman–Crippen LogP) is 1.96. The van der Waals surface area contributed by atoms with Crippen molar-refractivity contribution in [2.45, 2.75) is 12.8 Å². The summed E-state index contributed by atoms with van der Waals surface area (Å²) in [5.74, 6) is 0.606. The Hall–Kier alpha value is -3.09. The van der Waals surface area contributed by atoms with Crippen LogP contribution in [0.5, 0.6) is 5.75 Å². The molecule has 0 unspecified atom stereocenters. The molecule has 1 heterocycles. The number of pyridine rings is 1. The fourth-order valence-electron chi connectivity index (χ4n) is 2.10. The SMILES string of the molecule is COc1ccc(NC(=O)NCCC(=O)NCCc2ccccn2)cc1. The van der Waals surface area contributed by atoms with Gasteiger partial charge >= 0.3 is 6.03 Å². The first-order valence-electron chi connectivity index (χ1n) is 8.03. The second-order valence-electron chi connectivity index (χ2n) is 5.28. The Balaban J connectivity index is 1.59. The van der Waals surface area contributed by atoms with Crippen molar-refractivity contribution in [2.75, 3.05) is 25.5 Å². The number of carbonyl (C=O) groups excluding carboxylic acids is 2.